The highest BCUT2D eigenvalue weighted by molar-refractivity contribution is 6.39. The van der Waals surface area contributed by atoms with Crippen molar-refractivity contribution in [3.05, 3.63) is 65.0 Å². The van der Waals surface area contributed by atoms with Gasteiger partial charge in [-0.05, 0) is 42.2 Å². The predicted octanol–water partition coefficient (Wildman–Crippen LogP) is 1.92. The number of nitrogens with one attached hydrogen (secondary N) is 2. The van der Waals surface area contributed by atoms with Crippen molar-refractivity contribution in [3.63, 3.8) is 0 Å². The summed E-state index contributed by atoms with van der Waals surface area (Å²) in [5.74, 6) is -2.32. The van der Waals surface area contributed by atoms with Gasteiger partial charge >= 0.3 is 11.8 Å². The van der Waals surface area contributed by atoms with Gasteiger partial charge in [0.25, 0.3) is 0 Å². The van der Waals surface area contributed by atoms with E-state index in [4.69, 9.17) is 5.11 Å². The van der Waals surface area contributed by atoms with Crippen LogP contribution in [0.1, 0.15) is 16.7 Å². The number of benzene rings is 2. The van der Waals surface area contributed by atoms with Gasteiger partial charge in [0.1, 0.15) is 5.82 Å². The Kier molecular flexibility index (Phi) is 6.03. The van der Waals surface area contributed by atoms with E-state index in [1.54, 1.807) is 25.1 Å². The van der Waals surface area contributed by atoms with Crippen molar-refractivity contribution in [3.8, 4) is 0 Å². The Balaban J connectivity index is 1.83. The fraction of sp³-hybridized carbons (Fsp3) is 0.222. The van der Waals surface area contributed by atoms with Crippen LogP contribution in [0.2, 0.25) is 0 Å². The molecular weight excluding hydrogens is 311 g/mol. The van der Waals surface area contributed by atoms with Gasteiger partial charge in [0.2, 0.25) is 0 Å². The summed E-state index contributed by atoms with van der Waals surface area (Å²) in [6, 6.07) is 11.6. The van der Waals surface area contributed by atoms with Crippen LogP contribution in [-0.4, -0.2) is 23.5 Å². The average molecular weight is 330 g/mol. The minimum atomic E-state index is -0.907. The molecule has 3 N–H and O–H groups in total. The van der Waals surface area contributed by atoms with E-state index in [9.17, 15) is 14.0 Å². The Labute approximate surface area is 139 Å². The van der Waals surface area contributed by atoms with E-state index in [0.29, 0.717) is 6.42 Å². The monoisotopic (exact) mass is 330 g/mol. The van der Waals surface area contributed by atoms with Crippen LogP contribution in [0.4, 0.5) is 10.1 Å². The number of anilines is 1. The lowest BCUT2D eigenvalue weighted by atomic mass is 10.1. The van der Waals surface area contributed by atoms with E-state index >= 15 is 0 Å². The van der Waals surface area contributed by atoms with Gasteiger partial charge in [-0.1, -0.05) is 30.3 Å². The number of hydrogen-bond donors (Lipinski definition) is 3. The third-order valence-electron chi connectivity index (χ3n) is 3.48. The summed E-state index contributed by atoms with van der Waals surface area (Å²) >= 11 is 0. The van der Waals surface area contributed by atoms with Crippen LogP contribution >= 0.6 is 0 Å². The van der Waals surface area contributed by atoms with Gasteiger partial charge in [-0.15, -0.1) is 0 Å². The molecule has 2 amide bonds. The molecule has 0 spiro atoms. The number of amides is 2. The number of carbonyl (C=O) groups is 2. The van der Waals surface area contributed by atoms with Gasteiger partial charge in [0.05, 0.1) is 12.3 Å². The average Bonchev–Trinajstić information content (AvgIpc) is 2.58. The lowest BCUT2D eigenvalue weighted by molar-refractivity contribution is -0.136. The second-order valence-corrected chi connectivity index (χ2v) is 5.42. The second kappa shape index (κ2) is 8.21. The first-order chi connectivity index (χ1) is 11.5. The highest BCUT2D eigenvalue weighted by Gasteiger charge is 2.15. The third-order valence-corrected chi connectivity index (χ3v) is 3.48. The summed E-state index contributed by atoms with van der Waals surface area (Å²) in [5, 5.41) is 13.7. The lowest BCUT2D eigenvalue weighted by Crippen LogP contribution is -2.36. The molecule has 2 rings (SSSR count). The standard InChI is InChI=1S/C18H19FN2O3/c1-12-2-7-15(19)16(10-12)21-18(24)17(23)20-9-8-13-3-5-14(11-22)6-4-13/h2-7,10,22H,8-9,11H2,1H3,(H,20,23)(H,21,24). The quantitative estimate of drug-likeness (QED) is 0.733. The number of hydrogen-bond acceptors (Lipinski definition) is 3. The Morgan fingerprint density at radius 2 is 1.71 bits per heavy atom. The highest BCUT2D eigenvalue weighted by atomic mass is 19.1. The first kappa shape index (κ1) is 17.6. The van der Waals surface area contributed by atoms with Gasteiger partial charge in [-0.2, -0.15) is 0 Å². The Morgan fingerprint density at radius 3 is 2.38 bits per heavy atom. The van der Waals surface area contributed by atoms with E-state index in [-0.39, 0.29) is 18.8 Å². The van der Waals surface area contributed by atoms with Crippen LogP contribution in [0, 0.1) is 12.7 Å². The molecule has 24 heavy (non-hydrogen) atoms. The van der Waals surface area contributed by atoms with Crippen LogP contribution in [0.15, 0.2) is 42.5 Å². The molecule has 6 heteroatoms. The van der Waals surface area contributed by atoms with E-state index in [1.807, 2.05) is 12.1 Å². The van der Waals surface area contributed by atoms with Crippen molar-refractivity contribution in [2.75, 3.05) is 11.9 Å². The summed E-state index contributed by atoms with van der Waals surface area (Å²) in [6.07, 6.45) is 0.545. The predicted molar refractivity (Wildman–Crippen MR) is 88.8 cm³/mol. The second-order valence-electron chi connectivity index (χ2n) is 5.42. The summed E-state index contributed by atoms with van der Waals surface area (Å²) in [5.41, 5.74) is 2.54. The van der Waals surface area contributed by atoms with Crippen LogP contribution < -0.4 is 10.6 Å². The molecule has 0 aliphatic carbocycles. The topological polar surface area (TPSA) is 78.4 Å². The Morgan fingerprint density at radius 1 is 1.04 bits per heavy atom. The number of rotatable bonds is 5. The van der Waals surface area contributed by atoms with E-state index < -0.39 is 17.6 Å². The first-order valence-corrected chi connectivity index (χ1v) is 7.53. The van der Waals surface area contributed by atoms with E-state index in [2.05, 4.69) is 10.6 Å². The Bertz CT molecular complexity index is 730. The molecule has 2 aromatic carbocycles. The van der Waals surface area contributed by atoms with Gasteiger partial charge in [0, 0.05) is 6.54 Å². The first-order valence-electron chi connectivity index (χ1n) is 7.53. The maximum atomic E-state index is 13.6. The summed E-state index contributed by atoms with van der Waals surface area (Å²) < 4.78 is 13.6. The van der Waals surface area contributed by atoms with Crippen molar-refractivity contribution in [1.29, 1.82) is 0 Å². The molecule has 0 aromatic heterocycles. The van der Waals surface area contributed by atoms with Crippen LogP contribution in [-0.2, 0) is 22.6 Å². The van der Waals surface area contributed by atoms with E-state index in [0.717, 1.165) is 16.7 Å². The molecule has 0 radical (unpaired) electrons. The third kappa shape index (κ3) is 4.89. The zero-order chi connectivity index (χ0) is 17.5. The van der Waals surface area contributed by atoms with Crippen molar-refractivity contribution < 1.29 is 19.1 Å². The molecule has 0 saturated carbocycles. The molecule has 0 bridgehead atoms. The highest BCUT2D eigenvalue weighted by Crippen LogP contribution is 2.15. The summed E-state index contributed by atoms with van der Waals surface area (Å²) in [6.45, 7) is 2.02. The maximum absolute atomic E-state index is 13.6. The number of aliphatic hydroxyl groups is 1. The molecule has 5 nitrogen and oxygen atoms in total. The van der Waals surface area contributed by atoms with Crippen LogP contribution in [0.5, 0.6) is 0 Å². The smallest absolute Gasteiger partial charge is 0.313 e. The van der Waals surface area contributed by atoms with Gasteiger partial charge in [-0.25, -0.2) is 4.39 Å². The zero-order valence-corrected chi connectivity index (χ0v) is 13.3. The molecule has 0 heterocycles. The molecule has 0 aliphatic heterocycles. The number of aliphatic hydroxyl groups excluding tert-OH is 1. The maximum Gasteiger partial charge on any atom is 0.313 e. The molecule has 126 valence electrons. The van der Waals surface area contributed by atoms with Crippen molar-refractivity contribution in [2.45, 2.75) is 20.0 Å². The molecule has 0 saturated heterocycles. The number of aryl methyl sites for hydroxylation is 1. The lowest BCUT2D eigenvalue weighted by Gasteiger charge is -2.08. The molecular formula is C18H19FN2O3. The Hall–Kier alpha value is -2.73. The van der Waals surface area contributed by atoms with Gasteiger partial charge < -0.3 is 15.7 Å². The van der Waals surface area contributed by atoms with E-state index in [1.165, 1.54) is 12.1 Å². The fourth-order valence-electron chi connectivity index (χ4n) is 2.13. The van der Waals surface area contributed by atoms with Crippen LogP contribution in [0.3, 0.4) is 0 Å². The number of halogens is 1. The number of carbonyl (C=O) groups excluding carboxylic acids is 2. The molecule has 0 fully saturated rings. The van der Waals surface area contributed by atoms with Crippen molar-refractivity contribution >= 4 is 17.5 Å². The molecule has 0 unspecified atom stereocenters. The van der Waals surface area contributed by atoms with Crippen molar-refractivity contribution in [1.82, 2.24) is 5.32 Å². The minimum absolute atomic E-state index is 0.0188. The molecule has 0 atom stereocenters. The minimum Gasteiger partial charge on any atom is -0.392 e. The van der Waals surface area contributed by atoms with Crippen LogP contribution in [0.25, 0.3) is 0 Å². The summed E-state index contributed by atoms with van der Waals surface area (Å²) in [4.78, 5) is 23.5. The van der Waals surface area contributed by atoms with Gasteiger partial charge in [0.15, 0.2) is 0 Å². The molecule has 0 aliphatic rings. The zero-order valence-electron chi connectivity index (χ0n) is 13.3. The fourth-order valence-corrected chi connectivity index (χ4v) is 2.13. The van der Waals surface area contributed by atoms with Crippen molar-refractivity contribution in [2.24, 2.45) is 0 Å². The molecule has 2 aromatic rings. The summed E-state index contributed by atoms with van der Waals surface area (Å²) in [7, 11) is 0. The normalized spacial score (nSPS) is 10.3. The SMILES string of the molecule is Cc1ccc(F)c(NC(=O)C(=O)NCCc2ccc(CO)cc2)c1. The largest absolute Gasteiger partial charge is 0.392 e. The van der Waals surface area contributed by atoms with Gasteiger partial charge in [-0.3, -0.25) is 9.59 Å².